The molecule has 0 aliphatic carbocycles. The minimum Gasteiger partial charge on any atom is -0.480 e. The van der Waals surface area contributed by atoms with E-state index in [0.717, 1.165) is 19.6 Å². The Kier molecular flexibility index (Phi) is 23.6. The predicted molar refractivity (Wildman–Crippen MR) is 176 cm³/mol. The van der Waals surface area contributed by atoms with Crippen molar-refractivity contribution in [3.05, 3.63) is 0 Å². The smallest absolute Gasteiger partial charge is 0.317 e. The van der Waals surface area contributed by atoms with Crippen molar-refractivity contribution in [1.82, 2.24) is 40.3 Å². The minimum atomic E-state index is -1.37. The zero-order chi connectivity index (χ0) is 41.4. The van der Waals surface area contributed by atoms with Gasteiger partial charge in [0.05, 0.1) is 65.4 Å². The fourth-order valence-corrected chi connectivity index (χ4v) is 4.68. The number of nitrogens with zero attached hydrogens (tertiary/aromatic N) is 6. The summed E-state index contributed by atoms with van der Waals surface area (Å²) in [7, 11) is 0. The summed E-state index contributed by atoms with van der Waals surface area (Å²) in [6.45, 7) is -7.84. The highest BCUT2D eigenvalue weighted by molar-refractivity contribution is 5.84. The second-order valence-electron chi connectivity index (χ2n) is 11.6. The lowest BCUT2D eigenvalue weighted by atomic mass is 10.3. The molecule has 54 heavy (non-hydrogen) atoms. The van der Waals surface area contributed by atoms with Crippen molar-refractivity contribution in [2.75, 3.05) is 118 Å². The normalized spacial score (nSPS) is 11.3. The summed E-state index contributed by atoms with van der Waals surface area (Å²) < 4.78 is 0. The molecule has 26 heteroatoms. The number of amides is 2. The number of hydrogen-bond acceptors (Lipinski definition) is 16. The van der Waals surface area contributed by atoms with E-state index in [4.69, 9.17) is 20.4 Å². The van der Waals surface area contributed by atoms with Gasteiger partial charge in [-0.2, -0.15) is 0 Å². The molecule has 0 bridgehead atoms. The maximum absolute atomic E-state index is 12.6. The van der Waals surface area contributed by atoms with Crippen LogP contribution >= 0.6 is 0 Å². The van der Waals surface area contributed by atoms with Crippen LogP contribution in [0.5, 0.6) is 0 Å². The molecule has 0 fully saturated rings. The van der Waals surface area contributed by atoms with Gasteiger partial charge in [-0.15, -0.1) is 0 Å². The first-order chi connectivity index (χ1) is 25.1. The minimum absolute atomic E-state index is 0.134. The maximum atomic E-state index is 12.6. The molecule has 0 saturated heterocycles. The van der Waals surface area contributed by atoms with Crippen molar-refractivity contribution in [3.63, 3.8) is 0 Å². The average molecular weight is 783 g/mol. The second-order valence-corrected chi connectivity index (χ2v) is 11.6. The van der Waals surface area contributed by atoms with Gasteiger partial charge in [0.15, 0.2) is 0 Å². The van der Waals surface area contributed by atoms with Gasteiger partial charge < -0.3 is 40.9 Å². The highest BCUT2D eigenvalue weighted by atomic mass is 16.4. The van der Waals surface area contributed by atoms with Gasteiger partial charge in [-0.1, -0.05) is 0 Å². The summed E-state index contributed by atoms with van der Waals surface area (Å²) in [6, 6.07) is 0. The fraction of sp³-hybridized carbons (Fsp3) is 0.643. The lowest BCUT2D eigenvalue weighted by molar-refractivity contribution is -0.144. The molecule has 0 unspecified atom stereocenters. The molecule has 0 aliphatic heterocycles. The topological polar surface area (TPSA) is 376 Å². The Morgan fingerprint density at radius 2 is 0.407 bits per heavy atom. The van der Waals surface area contributed by atoms with E-state index in [1.807, 2.05) is 10.9 Å². The first-order valence-corrected chi connectivity index (χ1v) is 15.8. The van der Waals surface area contributed by atoms with Crippen LogP contribution in [0.3, 0.4) is 0 Å². The SMILES string of the molecule is O=C(O)CN(CCN(CC(=O)O)CC(=O)O)CCN(CC(=O)O)CC(=O)NNC(=O)CN(CCN(CCN(CC(=O)O)CC(=O)O)CC(=O)O)CC(=O)O. The number of hydrazine groups is 1. The van der Waals surface area contributed by atoms with Gasteiger partial charge in [0.1, 0.15) is 0 Å². The summed E-state index contributed by atoms with van der Waals surface area (Å²) in [5.74, 6) is -12.5. The van der Waals surface area contributed by atoms with Crippen molar-refractivity contribution >= 4 is 59.6 Å². The van der Waals surface area contributed by atoms with Crippen LogP contribution in [-0.4, -0.2) is 248 Å². The van der Waals surface area contributed by atoms with Crippen LogP contribution < -0.4 is 10.9 Å². The molecule has 26 nitrogen and oxygen atoms in total. The fourth-order valence-electron chi connectivity index (χ4n) is 4.68. The number of hydrogen-bond donors (Lipinski definition) is 10. The zero-order valence-electron chi connectivity index (χ0n) is 29.1. The van der Waals surface area contributed by atoms with Crippen molar-refractivity contribution in [1.29, 1.82) is 0 Å². The van der Waals surface area contributed by atoms with Crippen LogP contribution in [-0.2, 0) is 47.9 Å². The zero-order valence-corrected chi connectivity index (χ0v) is 29.1. The van der Waals surface area contributed by atoms with Gasteiger partial charge >= 0.3 is 47.8 Å². The molecule has 10 N–H and O–H groups in total. The van der Waals surface area contributed by atoms with Crippen molar-refractivity contribution in [3.8, 4) is 0 Å². The molecule has 0 heterocycles. The van der Waals surface area contributed by atoms with Crippen LogP contribution in [0, 0.1) is 0 Å². The summed E-state index contributed by atoms with van der Waals surface area (Å²) in [5.41, 5.74) is 4.07. The van der Waals surface area contributed by atoms with E-state index in [0.29, 0.717) is 0 Å². The molecule has 0 aromatic carbocycles. The van der Waals surface area contributed by atoms with Gasteiger partial charge in [-0.3, -0.25) is 88.2 Å². The molecule has 0 aromatic rings. The first kappa shape index (κ1) is 48.5. The summed E-state index contributed by atoms with van der Waals surface area (Å²) >= 11 is 0. The van der Waals surface area contributed by atoms with E-state index in [2.05, 4.69) is 0 Å². The Bertz CT molecular complexity index is 1200. The van der Waals surface area contributed by atoms with Gasteiger partial charge in [0, 0.05) is 52.4 Å². The van der Waals surface area contributed by atoms with E-state index in [-0.39, 0.29) is 52.4 Å². The molecule has 0 saturated carbocycles. The monoisotopic (exact) mass is 782 g/mol. The Labute approximate surface area is 306 Å². The average Bonchev–Trinajstić information content (AvgIpc) is 3.00. The maximum Gasteiger partial charge on any atom is 0.317 e. The predicted octanol–water partition coefficient (Wildman–Crippen LogP) is -6.38. The molecule has 0 aromatic heterocycles. The molecule has 0 atom stereocenters. The van der Waals surface area contributed by atoms with Crippen molar-refractivity contribution in [2.45, 2.75) is 0 Å². The van der Waals surface area contributed by atoms with Gasteiger partial charge in [0.25, 0.3) is 11.8 Å². The largest absolute Gasteiger partial charge is 0.480 e. The Morgan fingerprint density at radius 1 is 0.259 bits per heavy atom. The lowest BCUT2D eigenvalue weighted by Crippen LogP contribution is -2.52. The number of carboxylic acid groups (broad SMARTS) is 8. The number of nitrogens with one attached hydrogen (secondary N) is 2. The number of carbonyl (C=O) groups excluding carboxylic acids is 2. The van der Waals surface area contributed by atoms with Gasteiger partial charge in [0.2, 0.25) is 0 Å². The molecule has 0 rings (SSSR count). The molecule has 2 amide bonds. The van der Waals surface area contributed by atoms with E-state index in [9.17, 15) is 68.4 Å². The first-order valence-electron chi connectivity index (χ1n) is 15.8. The Balaban J connectivity index is 5.37. The van der Waals surface area contributed by atoms with Crippen LogP contribution in [0.1, 0.15) is 0 Å². The van der Waals surface area contributed by atoms with Crippen molar-refractivity contribution < 1.29 is 88.8 Å². The second kappa shape index (κ2) is 26.3. The number of carboxylic acids is 8. The molecular weight excluding hydrogens is 736 g/mol. The highest BCUT2D eigenvalue weighted by Gasteiger charge is 2.22. The third-order valence-electron chi connectivity index (χ3n) is 6.88. The van der Waals surface area contributed by atoms with Gasteiger partial charge in [-0.25, -0.2) is 0 Å². The summed E-state index contributed by atoms with van der Waals surface area (Å²) in [5, 5.41) is 73.2. The molecule has 0 aliphatic rings. The molecule has 0 radical (unpaired) electrons. The third kappa shape index (κ3) is 27.2. The number of carbonyl (C=O) groups is 10. The molecule has 306 valence electrons. The number of rotatable bonds is 32. The Morgan fingerprint density at radius 3 is 0.593 bits per heavy atom. The number of aliphatic carboxylic acids is 8. The quantitative estimate of drug-likeness (QED) is 0.0284. The third-order valence-corrected chi connectivity index (χ3v) is 6.88. The van der Waals surface area contributed by atoms with E-state index < -0.39 is 125 Å². The highest BCUT2D eigenvalue weighted by Crippen LogP contribution is 1.99. The van der Waals surface area contributed by atoms with Crippen LogP contribution in [0.2, 0.25) is 0 Å². The summed E-state index contributed by atoms with van der Waals surface area (Å²) in [6.07, 6.45) is 0. The van der Waals surface area contributed by atoms with Crippen LogP contribution in [0.4, 0.5) is 0 Å². The summed E-state index contributed by atoms with van der Waals surface area (Å²) in [4.78, 5) is 122. The van der Waals surface area contributed by atoms with E-state index in [1.54, 1.807) is 0 Å². The van der Waals surface area contributed by atoms with Crippen LogP contribution in [0.25, 0.3) is 0 Å². The van der Waals surface area contributed by atoms with Crippen molar-refractivity contribution in [2.24, 2.45) is 0 Å². The standard InChI is InChI=1S/C28H46N8O18/c37-19(9-33(13-23(43)44)5-1-31(11-21(39)40)3-7-35(15-25(47)48)16-26(49)50)29-30-20(38)10-34(14-24(45)46)6-2-32(12-22(41)42)4-8-36(17-27(51)52)18-28(53)54/h1-18H2,(H,29,37)(H,30,38)(H,39,40)(H,41,42)(H,43,44)(H,45,46)(H,47,48)(H,49,50)(H,51,52)(H,53,54). The lowest BCUT2D eigenvalue weighted by Gasteiger charge is -2.28. The molecular formula is C28H46N8O18. The van der Waals surface area contributed by atoms with Crippen LogP contribution in [0.15, 0.2) is 0 Å². The molecule has 0 spiro atoms. The van der Waals surface area contributed by atoms with Gasteiger partial charge in [-0.05, 0) is 0 Å². The van der Waals surface area contributed by atoms with E-state index >= 15 is 0 Å². The van der Waals surface area contributed by atoms with E-state index in [1.165, 1.54) is 9.80 Å². The Hall–Kier alpha value is -5.54.